The SMILES string of the molecule is NCCCC(=O)NCc1ccoc1. The highest BCUT2D eigenvalue weighted by molar-refractivity contribution is 5.75. The van der Waals surface area contributed by atoms with Gasteiger partial charge in [-0.2, -0.15) is 0 Å². The van der Waals surface area contributed by atoms with E-state index in [4.69, 9.17) is 10.2 Å². The maximum atomic E-state index is 11.1. The van der Waals surface area contributed by atoms with Crippen molar-refractivity contribution in [3.63, 3.8) is 0 Å². The zero-order valence-electron chi connectivity index (χ0n) is 7.45. The van der Waals surface area contributed by atoms with Gasteiger partial charge >= 0.3 is 0 Å². The van der Waals surface area contributed by atoms with Crippen molar-refractivity contribution in [3.8, 4) is 0 Å². The Bertz CT molecular complexity index is 244. The van der Waals surface area contributed by atoms with Crippen molar-refractivity contribution in [1.29, 1.82) is 0 Å². The van der Waals surface area contributed by atoms with Gasteiger partial charge in [0.2, 0.25) is 5.91 Å². The normalized spacial score (nSPS) is 9.92. The zero-order chi connectivity index (χ0) is 9.52. The van der Waals surface area contributed by atoms with Crippen LogP contribution in [-0.4, -0.2) is 12.5 Å². The van der Waals surface area contributed by atoms with Gasteiger partial charge in [0.05, 0.1) is 12.5 Å². The van der Waals surface area contributed by atoms with Crippen LogP contribution in [0.2, 0.25) is 0 Å². The zero-order valence-corrected chi connectivity index (χ0v) is 7.45. The van der Waals surface area contributed by atoms with Crippen LogP contribution in [0, 0.1) is 0 Å². The number of nitrogens with two attached hydrogens (primary N) is 1. The molecule has 0 unspecified atom stereocenters. The van der Waals surface area contributed by atoms with Crippen LogP contribution < -0.4 is 11.1 Å². The van der Waals surface area contributed by atoms with E-state index in [-0.39, 0.29) is 5.91 Å². The van der Waals surface area contributed by atoms with E-state index >= 15 is 0 Å². The molecule has 13 heavy (non-hydrogen) atoms. The number of carbonyl (C=O) groups is 1. The Morgan fingerprint density at radius 2 is 2.46 bits per heavy atom. The Hall–Kier alpha value is -1.29. The van der Waals surface area contributed by atoms with Crippen molar-refractivity contribution in [2.45, 2.75) is 19.4 Å². The molecule has 0 aliphatic heterocycles. The summed E-state index contributed by atoms with van der Waals surface area (Å²) in [5.74, 6) is 0.0339. The van der Waals surface area contributed by atoms with Crippen LogP contribution in [-0.2, 0) is 11.3 Å². The maximum absolute atomic E-state index is 11.1. The summed E-state index contributed by atoms with van der Waals surface area (Å²) in [5, 5.41) is 2.77. The summed E-state index contributed by atoms with van der Waals surface area (Å²) in [5.41, 5.74) is 6.25. The average Bonchev–Trinajstić information content (AvgIpc) is 2.64. The summed E-state index contributed by atoms with van der Waals surface area (Å²) in [6.45, 7) is 1.08. The third-order valence-corrected chi connectivity index (χ3v) is 1.68. The standard InChI is InChI=1S/C9H14N2O2/c10-4-1-2-9(12)11-6-8-3-5-13-7-8/h3,5,7H,1-2,4,6,10H2,(H,11,12). The minimum absolute atomic E-state index is 0.0339. The molecule has 1 aromatic rings. The Morgan fingerprint density at radius 3 is 3.08 bits per heavy atom. The molecular formula is C9H14N2O2. The minimum Gasteiger partial charge on any atom is -0.472 e. The van der Waals surface area contributed by atoms with Crippen molar-refractivity contribution in [2.24, 2.45) is 5.73 Å². The Balaban J connectivity index is 2.15. The largest absolute Gasteiger partial charge is 0.472 e. The van der Waals surface area contributed by atoms with Gasteiger partial charge in [0.15, 0.2) is 0 Å². The summed E-state index contributed by atoms with van der Waals surface area (Å²) < 4.78 is 4.86. The number of furan rings is 1. The van der Waals surface area contributed by atoms with Crippen molar-refractivity contribution >= 4 is 5.91 Å². The molecule has 0 atom stereocenters. The predicted octanol–water partition coefficient (Wildman–Crippen LogP) is 0.635. The minimum atomic E-state index is 0.0339. The molecule has 0 aliphatic rings. The monoisotopic (exact) mass is 182 g/mol. The fraction of sp³-hybridized carbons (Fsp3) is 0.444. The number of rotatable bonds is 5. The molecule has 72 valence electrons. The highest BCUT2D eigenvalue weighted by atomic mass is 16.3. The quantitative estimate of drug-likeness (QED) is 0.702. The number of carbonyl (C=O) groups excluding carboxylic acids is 1. The predicted molar refractivity (Wildman–Crippen MR) is 48.8 cm³/mol. The van der Waals surface area contributed by atoms with Gasteiger partial charge in [0, 0.05) is 18.5 Å². The molecule has 0 saturated carbocycles. The summed E-state index contributed by atoms with van der Waals surface area (Å²) in [6, 6.07) is 1.82. The van der Waals surface area contributed by atoms with Crippen molar-refractivity contribution in [2.75, 3.05) is 6.54 Å². The van der Waals surface area contributed by atoms with Crippen LogP contribution in [0.5, 0.6) is 0 Å². The number of amides is 1. The molecule has 3 N–H and O–H groups in total. The third kappa shape index (κ3) is 3.75. The second-order valence-corrected chi connectivity index (χ2v) is 2.80. The van der Waals surface area contributed by atoms with Gasteiger partial charge in [0.25, 0.3) is 0 Å². The number of hydrogen-bond acceptors (Lipinski definition) is 3. The topological polar surface area (TPSA) is 68.3 Å². The number of hydrogen-bond donors (Lipinski definition) is 2. The summed E-state index contributed by atoms with van der Waals surface area (Å²) in [6.07, 6.45) is 4.43. The van der Waals surface area contributed by atoms with E-state index in [0.717, 1.165) is 12.0 Å². The molecule has 1 heterocycles. The molecule has 0 bridgehead atoms. The van der Waals surface area contributed by atoms with Gasteiger partial charge in [0.1, 0.15) is 0 Å². The fourth-order valence-corrected chi connectivity index (χ4v) is 0.945. The Labute approximate surface area is 77.1 Å². The van der Waals surface area contributed by atoms with Crippen LogP contribution in [0.15, 0.2) is 23.0 Å². The van der Waals surface area contributed by atoms with Crippen molar-refractivity contribution in [3.05, 3.63) is 24.2 Å². The third-order valence-electron chi connectivity index (χ3n) is 1.68. The van der Waals surface area contributed by atoms with Crippen molar-refractivity contribution in [1.82, 2.24) is 5.32 Å². The van der Waals surface area contributed by atoms with Crippen LogP contribution in [0.3, 0.4) is 0 Å². The van der Waals surface area contributed by atoms with Crippen LogP contribution in [0.4, 0.5) is 0 Å². The highest BCUT2D eigenvalue weighted by Gasteiger charge is 2.00. The van der Waals surface area contributed by atoms with E-state index in [9.17, 15) is 4.79 Å². The van der Waals surface area contributed by atoms with Crippen LogP contribution in [0.25, 0.3) is 0 Å². The molecule has 1 rings (SSSR count). The summed E-state index contributed by atoms with van der Waals surface area (Å²) in [7, 11) is 0. The van der Waals surface area contributed by atoms with Gasteiger partial charge in [-0.25, -0.2) is 0 Å². The molecule has 0 aliphatic carbocycles. The average molecular weight is 182 g/mol. The fourth-order valence-electron chi connectivity index (χ4n) is 0.945. The first-order valence-corrected chi connectivity index (χ1v) is 4.31. The van der Waals surface area contributed by atoms with Gasteiger partial charge in [-0.15, -0.1) is 0 Å². The van der Waals surface area contributed by atoms with E-state index in [1.54, 1.807) is 12.5 Å². The molecule has 4 heteroatoms. The van der Waals surface area contributed by atoms with Gasteiger partial charge < -0.3 is 15.5 Å². The van der Waals surface area contributed by atoms with Gasteiger partial charge in [-0.05, 0) is 19.0 Å². The molecule has 0 radical (unpaired) electrons. The summed E-state index contributed by atoms with van der Waals surface area (Å²) in [4.78, 5) is 11.1. The van der Waals surface area contributed by atoms with Gasteiger partial charge in [-0.1, -0.05) is 0 Å². The smallest absolute Gasteiger partial charge is 0.220 e. The first-order valence-electron chi connectivity index (χ1n) is 4.31. The van der Waals surface area contributed by atoms with E-state index in [2.05, 4.69) is 5.32 Å². The van der Waals surface area contributed by atoms with Crippen molar-refractivity contribution < 1.29 is 9.21 Å². The molecule has 0 aromatic carbocycles. The molecule has 0 saturated heterocycles. The van der Waals surface area contributed by atoms with E-state index in [0.29, 0.717) is 19.5 Å². The lowest BCUT2D eigenvalue weighted by atomic mass is 10.3. The second kappa shape index (κ2) is 5.37. The Kier molecular flexibility index (Phi) is 4.05. The molecule has 0 spiro atoms. The van der Waals surface area contributed by atoms with E-state index in [1.165, 1.54) is 0 Å². The second-order valence-electron chi connectivity index (χ2n) is 2.80. The Morgan fingerprint density at radius 1 is 1.62 bits per heavy atom. The van der Waals surface area contributed by atoms with E-state index in [1.807, 2.05) is 6.07 Å². The lowest BCUT2D eigenvalue weighted by Crippen LogP contribution is -2.22. The van der Waals surface area contributed by atoms with Gasteiger partial charge in [-0.3, -0.25) is 4.79 Å². The lowest BCUT2D eigenvalue weighted by molar-refractivity contribution is -0.121. The van der Waals surface area contributed by atoms with Crippen LogP contribution in [0.1, 0.15) is 18.4 Å². The highest BCUT2D eigenvalue weighted by Crippen LogP contribution is 1.98. The van der Waals surface area contributed by atoms with E-state index < -0.39 is 0 Å². The first-order chi connectivity index (χ1) is 6.33. The number of nitrogens with one attached hydrogen (secondary N) is 1. The molecular weight excluding hydrogens is 168 g/mol. The molecule has 1 amide bonds. The summed E-state index contributed by atoms with van der Waals surface area (Å²) >= 11 is 0. The van der Waals surface area contributed by atoms with Crippen LogP contribution >= 0.6 is 0 Å². The maximum Gasteiger partial charge on any atom is 0.220 e. The molecule has 4 nitrogen and oxygen atoms in total. The molecule has 0 fully saturated rings. The lowest BCUT2D eigenvalue weighted by Gasteiger charge is -2.01. The molecule has 1 aromatic heterocycles. The first kappa shape index (κ1) is 9.80.